The van der Waals surface area contributed by atoms with Crippen molar-refractivity contribution in [3.8, 4) is 0 Å². The highest BCUT2D eigenvalue weighted by atomic mass is 15.3. The van der Waals surface area contributed by atoms with Crippen LogP contribution in [0.3, 0.4) is 0 Å². The van der Waals surface area contributed by atoms with Crippen molar-refractivity contribution in [1.29, 1.82) is 0 Å². The molecular weight excluding hydrogens is 248 g/mol. The van der Waals surface area contributed by atoms with Crippen molar-refractivity contribution in [3.63, 3.8) is 0 Å². The van der Waals surface area contributed by atoms with Gasteiger partial charge < -0.3 is 5.32 Å². The Morgan fingerprint density at radius 1 is 1.40 bits per heavy atom. The summed E-state index contributed by atoms with van der Waals surface area (Å²) in [6.45, 7) is 13.4. The Morgan fingerprint density at radius 3 is 2.75 bits per heavy atom. The van der Waals surface area contributed by atoms with E-state index < -0.39 is 0 Å². The Morgan fingerprint density at radius 2 is 2.15 bits per heavy atom. The maximum absolute atomic E-state index is 4.44. The minimum Gasteiger partial charge on any atom is -0.312 e. The lowest BCUT2D eigenvalue weighted by molar-refractivity contribution is 0.156. The van der Waals surface area contributed by atoms with Crippen molar-refractivity contribution < 1.29 is 0 Å². The molecule has 1 aromatic heterocycles. The third kappa shape index (κ3) is 4.60. The standard InChI is InChI=1S/C16H30N4/c1-13-9-15(19(5)18-13)12-20-8-6-7-14(11-20)10-17-16(2,3)4/h9,14,17H,6-8,10-12H2,1-5H3. The van der Waals surface area contributed by atoms with Crippen LogP contribution in [0.2, 0.25) is 0 Å². The highest BCUT2D eigenvalue weighted by Gasteiger charge is 2.22. The Bertz CT molecular complexity index is 430. The van der Waals surface area contributed by atoms with E-state index in [1.165, 1.54) is 31.6 Å². The van der Waals surface area contributed by atoms with Gasteiger partial charge in [0.15, 0.2) is 0 Å². The van der Waals surface area contributed by atoms with Gasteiger partial charge in [0.2, 0.25) is 0 Å². The van der Waals surface area contributed by atoms with Gasteiger partial charge >= 0.3 is 0 Å². The van der Waals surface area contributed by atoms with E-state index in [0.717, 1.165) is 24.7 Å². The summed E-state index contributed by atoms with van der Waals surface area (Å²) in [6, 6.07) is 2.21. The zero-order valence-electron chi connectivity index (χ0n) is 13.7. The fourth-order valence-electron chi connectivity index (χ4n) is 2.95. The fraction of sp³-hybridized carbons (Fsp3) is 0.812. The maximum atomic E-state index is 4.44. The molecule has 0 aromatic carbocycles. The van der Waals surface area contributed by atoms with Crippen LogP contribution in [0.4, 0.5) is 0 Å². The van der Waals surface area contributed by atoms with Crippen LogP contribution in [0.25, 0.3) is 0 Å². The number of nitrogens with zero attached hydrogens (tertiary/aromatic N) is 3. The van der Waals surface area contributed by atoms with Crippen LogP contribution in [0.5, 0.6) is 0 Å². The first-order valence-electron chi connectivity index (χ1n) is 7.80. The Hall–Kier alpha value is -0.870. The molecule has 1 fully saturated rings. The summed E-state index contributed by atoms with van der Waals surface area (Å²) < 4.78 is 2.02. The van der Waals surface area contributed by atoms with E-state index in [1.807, 2.05) is 11.7 Å². The van der Waals surface area contributed by atoms with Crippen LogP contribution in [0.15, 0.2) is 6.07 Å². The Kier molecular flexibility index (Phi) is 4.86. The molecule has 4 nitrogen and oxygen atoms in total. The average molecular weight is 278 g/mol. The maximum Gasteiger partial charge on any atom is 0.0597 e. The second-order valence-electron chi connectivity index (χ2n) is 7.27. The smallest absolute Gasteiger partial charge is 0.0597 e. The number of aromatic nitrogens is 2. The van der Waals surface area contributed by atoms with Gasteiger partial charge in [0.25, 0.3) is 0 Å². The first-order chi connectivity index (χ1) is 9.33. The lowest BCUT2D eigenvalue weighted by Gasteiger charge is -2.34. The molecule has 4 heteroatoms. The number of hydrogen-bond acceptors (Lipinski definition) is 3. The largest absolute Gasteiger partial charge is 0.312 e. The van der Waals surface area contributed by atoms with Crippen molar-refractivity contribution in [2.24, 2.45) is 13.0 Å². The second-order valence-corrected chi connectivity index (χ2v) is 7.27. The molecule has 1 unspecified atom stereocenters. The molecule has 1 saturated heterocycles. The van der Waals surface area contributed by atoms with E-state index >= 15 is 0 Å². The van der Waals surface area contributed by atoms with Gasteiger partial charge in [0.1, 0.15) is 0 Å². The van der Waals surface area contributed by atoms with Crippen molar-refractivity contribution in [1.82, 2.24) is 20.0 Å². The minimum absolute atomic E-state index is 0.224. The van der Waals surface area contributed by atoms with Crippen molar-refractivity contribution in [3.05, 3.63) is 17.5 Å². The zero-order chi connectivity index (χ0) is 14.8. The summed E-state index contributed by atoms with van der Waals surface area (Å²) in [4.78, 5) is 2.58. The molecule has 1 N–H and O–H groups in total. The summed E-state index contributed by atoms with van der Waals surface area (Å²) in [5.74, 6) is 0.775. The Balaban J connectivity index is 1.86. The molecule has 1 aliphatic rings. The van der Waals surface area contributed by atoms with Gasteiger partial charge in [0, 0.05) is 25.7 Å². The summed E-state index contributed by atoms with van der Waals surface area (Å²) in [7, 11) is 2.05. The van der Waals surface area contributed by atoms with Crippen molar-refractivity contribution in [2.75, 3.05) is 19.6 Å². The van der Waals surface area contributed by atoms with Gasteiger partial charge in [-0.1, -0.05) is 0 Å². The van der Waals surface area contributed by atoms with Gasteiger partial charge in [-0.25, -0.2) is 0 Å². The lowest BCUT2D eigenvalue weighted by atomic mass is 9.96. The van der Waals surface area contributed by atoms with Crippen LogP contribution in [-0.4, -0.2) is 39.9 Å². The van der Waals surface area contributed by atoms with Gasteiger partial charge in [0.05, 0.1) is 11.4 Å². The van der Waals surface area contributed by atoms with E-state index in [1.54, 1.807) is 0 Å². The van der Waals surface area contributed by atoms with Crippen molar-refractivity contribution in [2.45, 2.75) is 52.6 Å². The minimum atomic E-state index is 0.224. The lowest BCUT2D eigenvalue weighted by Crippen LogP contribution is -2.44. The number of aryl methyl sites for hydroxylation is 2. The predicted octanol–water partition coefficient (Wildman–Crippen LogP) is 2.33. The monoisotopic (exact) mass is 278 g/mol. The van der Waals surface area contributed by atoms with E-state index in [2.05, 4.69) is 49.1 Å². The average Bonchev–Trinajstić information content (AvgIpc) is 2.65. The molecule has 1 aromatic rings. The van der Waals surface area contributed by atoms with E-state index in [0.29, 0.717) is 0 Å². The van der Waals surface area contributed by atoms with E-state index in [-0.39, 0.29) is 5.54 Å². The van der Waals surface area contributed by atoms with E-state index in [4.69, 9.17) is 0 Å². The van der Waals surface area contributed by atoms with Crippen LogP contribution in [0.1, 0.15) is 45.0 Å². The molecule has 0 bridgehead atoms. The van der Waals surface area contributed by atoms with E-state index in [9.17, 15) is 0 Å². The summed E-state index contributed by atoms with van der Waals surface area (Å²) in [5, 5.41) is 8.09. The molecule has 0 amide bonds. The fourth-order valence-corrected chi connectivity index (χ4v) is 2.95. The number of hydrogen-bond donors (Lipinski definition) is 1. The van der Waals surface area contributed by atoms with Crippen LogP contribution >= 0.6 is 0 Å². The molecular formula is C16H30N4. The molecule has 0 radical (unpaired) electrons. The van der Waals surface area contributed by atoms with Crippen LogP contribution in [0, 0.1) is 12.8 Å². The molecule has 1 atom stereocenters. The molecule has 1 aliphatic heterocycles. The molecule has 114 valence electrons. The van der Waals surface area contributed by atoms with Gasteiger partial charge in [-0.3, -0.25) is 9.58 Å². The van der Waals surface area contributed by atoms with Crippen LogP contribution in [-0.2, 0) is 13.6 Å². The molecule has 0 spiro atoms. The molecule has 0 saturated carbocycles. The highest BCUT2D eigenvalue weighted by molar-refractivity contribution is 5.08. The highest BCUT2D eigenvalue weighted by Crippen LogP contribution is 2.19. The molecule has 2 rings (SSSR count). The van der Waals surface area contributed by atoms with Gasteiger partial charge in [-0.05, 0) is 65.6 Å². The third-order valence-electron chi connectivity index (χ3n) is 4.01. The predicted molar refractivity (Wildman–Crippen MR) is 83.7 cm³/mol. The topological polar surface area (TPSA) is 33.1 Å². The van der Waals surface area contributed by atoms with Gasteiger partial charge in [-0.15, -0.1) is 0 Å². The van der Waals surface area contributed by atoms with Crippen molar-refractivity contribution >= 4 is 0 Å². The summed E-state index contributed by atoms with van der Waals surface area (Å²) in [5.41, 5.74) is 2.67. The molecule has 20 heavy (non-hydrogen) atoms. The quantitative estimate of drug-likeness (QED) is 0.917. The third-order valence-corrected chi connectivity index (χ3v) is 4.01. The number of likely N-dealkylation sites (tertiary alicyclic amines) is 1. The number of piperidine rings is 1. The van der Waals surface area contributed by atoms with Crippen LogP contribution < -0.4 is 5.32 Å². The zero-order valence-corrected chi connectivity index (χ0v) is 13.7. The Labute approximate surface area is 123 Å². The summed E-state index contributed by atoms with van der Waals surface area (Å²) in [6.07, 6.45) is 2.66. The van der Waals surface area contributed by atoms with Gasteiger partial charge in [-0.2, -0.15) is 5.10 Å². The first kappa shape index (κ1) is 15.5. The first-order valence-corrected chi connectivity index (χ1v) is 7.80. The normalized spacial score (nSPS) is 21.4. The number of nitrogens with one attached hydrogen (secondary N) is 1. The number of rotatable bonds is 4. The summed E-state index contributed by atoms with van der Waals surface area (Å²) >= 11 is 0. The molecule has 0 aliphatic carbocycles. The second kappa shape index (κ2) is 6.27. The SMILES string of the molecule is Cc1cc(CN2CCCC(CNC(C)(C)C)C2)n(C)n1. The molecule has 2 heterocycles.